The Balaban J connectivity index is 1.64. The molecule has 1 aromatic carbocycles. The number of aliphatic hydroxyl groups is 1. The van der Waals surface area contributed by atoms with Crippen molar-refractivity contribution in [1.29, 1.82) is 0 Å². The van der Waals surface area contributed by atoms with Crippen LogP contribution in [0.25, 0.3) is 11.2 Å². The Kier molecular flexibility index (Phi) is 4.92. The number of benzene rings is 1. The molecular formula is C18H18N6O5. The Morgan fingerprint density at radius 3 is 2.72 bits per heavy atom. The molecule has 11 heteroatoms. The SMILES string of the molecule is COC(=O)[C@H]1O[C@@H](n2cnc3c(NC(=O)c4ccccc4)ncnc32)[C@H](O)[C@@H]1N. The number of aliphatic hydroxyl groups excluding tert-OH is 1. The number of aromatic nitrogens is 4. The maximum Gasteiger partial charge on any atom is 0.336 e. The van der Waals surface area contributed by atoms with Crippen LogP contribution < -0.4 is 11.1 Å². The number of fused-ring (bicyclic) bond motifs is 1. The van der Waals surface area contributed by atoms with Crippen LogP contribution in [0.5, 0.6) is 0 Å². The summed E-state index contributed by atoms with van der Waals surface area (Å²) in [6, 6.07) is 7.66. The predicted octanol–water partition coefficient (Wildman–Crippen LogP) is -0.163. The Labute approximate surface area is 164 Å². The second kappa shape index (κ2) is 7.54. The smallest absolute Gasteiger partial charge is 0.336 e. The van der Waals surface area contributed by atoms with Crippen LogP contribution >= 0.6 is 0 Å². The highest BCUT2D eigenvalue weighted by molar-refractivity contribution is 6.06. The maximum atomic E-state index is 12.4. The Morgan fingerprint density at radius 1 is 1.24 bits per heavy atom. The summed E-state index contributed by atoms with van der Waals surface area (Å²) in [7, 11) is 1.21. The molecule has 29 heavy (non-hydrogen) atoms. The van der Waals surface area contributed by atoms with E-state index in [0.29, 0.717) is 16.7 Å². The van der Waals surface area contributed by atoms with Crippen LogP contribution in [0.15, 0.2) is 43.0 Å². The van der Waals surface area contributed by atoms with Gasteiger partial charge in [-0.05, 0) is 12.1 Å². The molecule has 0 aliphatic carbocycles. The molecule has 1 amide bonds. The normalized spacial score (nSPS) is 23.8. The van der Waals surface area contributed by atoms with Crippen LogP contribution in [-0.2, 0) is 14.3 Å². The molecule has 11 nitrogen and oxygen atoms in total. The summed E-state index contributed by atoms with van der Waals surface area (Å²) < 4.78 is 11.7. The molecule has 2 aromatic heterocycles. The number of esters is 1. The number of hydrogen-bond donors (Lipinski definition) is 3. The second-order valence-electron chi connectivity index (χ2n) is 6.40. The zero-order valence-corrected chi connectivity index (χ0v) is 15.3. The van der Waals surface area contributed by atoms with Crippen LogP contribution in [0.4, 0.5) is 5.82 Å². The number of carbonyl (C=O) groups is 2. The molecule has 4 rings (SSSR count). The van der Waals surface area contributed by atoms with Gasteiger partial charge in [0.05, 0.1) is 19.5 Å². The summed E-state index contributed by atoms with van der Waals surface area (Å²) >= 11 is 0. The number of rotatable bonds is 4. The molecule has 1 fully saturated rings. The number of carbonyl (C=O) groups excluding carboxylic acids is 2. The highest BCUT2D eigenvalue weighted by atomic mass is 16.6. The topological polar surface area (TPSA) is 154 Å². The number of anilines is 1. The van der Waals surface area contributed by atoms with Gasteiger partial charge in [0, 0.05) is 5.56 Å². The number of ether oxygens (including phenoxy) is 2. The summed E-state index contributed by atoms with van der Waals surface area (Å²) in [6.07, 6.45) is -0.713. The molecule has 1 saturated heterocycles. The van der Waals surface area contributed by atoms with E-state index in [1.165, 1.54) is 24.3 Å². The average molecular weight is 398 g/mol. The van der Waals surface area contributed by atoms with Crippen molar-refractivity contribution in [3.63, 3.8) is 0 Å². The standard InChI is InChI=1S/C18H18N6O5/c1-28-18(27)13-10(19)12(25)17(29-13)24-8-22-11-14(20-7-21-15(11)24)23-16(26)9-5-3-2-4-6-9/h2-8,10,12-13,17,25H,19H2,1H3,(H,20,21,23,26)/t10-,12+,13-,17+/m0/s1. The zero-order valence-electron chi connectivity index (χ0n) is 15.3. The predicted molar refractivity (Wildman–Crippen MR) is 99.6 cm³/mol. The molecule has 0 spiro atoms. The number of hydrogen-bond acceptors (Lipinski definition) is 9. The lowest BCUT2D eigenvalue weighted by Gasteiger charge is -2.16. The first kappa shape index (κ1) is 18.9. The first-order valence-corrected chi connectivity index (χ1v) is 8.72. The quantitative estimate of drug-likeness (QED) is 0.508. The molecule has 0 radical (unpaired) electrons. The maximum absolute atomic E-state index is 12.4. The Morgan fingerprint density at radius 2 is 2.00 bits per heavy atom. The lowest BCUT2D eigenvalue weighted by Crippen LogP contribution is -2.43. The van der Waals surface area contributed by atoms with Crippen LogP contribution in [0.2, 0.25) is 0 Å². The monoisotopic (exact) mass is 398 g/mol. The summed E-state index contributed by atoms with van der Waals surface area (Å²) in [5.41, 5.74) is 6.95. The van der Waals surface area contributed by atoms with Crippen molar-refractivity contribution in [2.45, 2.75) is 24.5 Å². The Bertz CT molecular complexity index is 1060. The molecule has 3 aromatic rings. The molecule has 0 bridgehead atoms. The second-order valence-corrected chi connectivity index (χ2v) is 6.40. The fourth-order valence-corrected chi connectivity index (χ4v) is 3.15. The van der Waals surface area contributed by atoms with E-state index >= 15 is 0 Å². The van der Waals surface area contributed by atoms with Gasteiger partial charge < -0.3 is 25.6 Å². The van der Waals surface area contributed by atoms with Gasteiger partial charge in [0.15, 0.2) is 29.3 Å². The first-order valence-electron chi connectivity index (χ1n) is 8.72. The highest BCUT2D eigenvalue weighted by Crippen LogP contribution is 2.31. The van der Waals surface area contributed by atoms with Crippen molar-refractivity contribution in [2.75, 3.05) is 12.4 Å². The van der Waals surface area contributed by atoms with Gasteiger partial charge in [-0.1, -0.05) is 18.2 Å². The molecular weight excluding hydrogens is 380 g/mol. The third-order valence-corrected chi connectivity index (χ3v) is 4.66. The van der Waals surface area contributed by atoms with Gasteiger partial charge in [-0.3, -0.25) is 9.36 Å². The molecule has 1 aliphatic heterocycles. The minimum Gasteiger partial charge on any atom is -0.467 e. The van der Waals surface area contributed by atoms with E-state index in [-0.39, 0.29) is 11.7 Å². The number of amides is 1. The zero-order chi connectivity index (χ0) is 20.5. The van der Waals surface area contributed by atoms with Gasteiger partial charge in [-0.25, -0.2) is 19.7 Å². The van der Waals surface area contributed by atoms with E-state index in [1.807, 2.05) is 0 Å². The molecule has 0 saturated carbocycles. The van der Waals surface area contributed by atoms with Crippen molar-refractivity contribution in [1.82, 2.24) is 19.5 Å². The van der Waals surface area contributed by atoms with Crippen molar-refractivity contribution in [3.05, 3.63) is 48.5 Å². The van der Waals surface area contributed by atoms with E-state index in [9.17, 15) is 14.7 Å². The van der Waals surface area contributed by atoms with E-state index < -0.39 is 30.4 Å². The van der Waals surface area contributed by atoms with E-state index in [0.717, 1.165) is 0 Å². The van der Waals surface area contributed by atoms with E-state index in [1.54, 1.807) is 30.3 Å². The first-order chi connectivity index (χ1) is 14.0. The Hall–Kier alpha value is -3.41. The van der Waals surface area contributed by atoms with Gasteiger partial charge in [0.2, 0.25) is 0 Å². The summed E-state index contributed by atoms with van der Waals surface area (Å²) in [5, 5.41) is 13.1. The minimum atomic E-state index is -1.20. The van der Waals surface area contributed by atoms with Gasteiger partial charge >= 0.3 is 5.97 Å². The van der Waals surface area contributed by atoms with Crippen LogP contribution in [-0.4, -0.2) is 61.9 Å². The van der Waals surface area contributed by atoms with Gasteiger partial charge in [0.1, 0.15) is 12.4 Å². The summed E-state index contributed by atoms with van der Waals surface area (Å²) in [4.78, 5) is 36.7. The fraction of sp³-hybridized carbons (Fsp3) is 0.278. The van der Waals surface area contributed by atoms with Crippen LogP contribution in [0.3, 0.4) is 0 Å². The molecule has 1 aliphatic rings. The molecule has 150 valence electrons. The molecule has 3 heterocycles. The number of methoxy groups -OCH3 is 1. The highest BCUT2D eigenvalue weighted by Gasteiger charge is 2.47. The third-order valence-electron chi connectivity index (χ3n) is 4.66. The third kappa shape index (κ3) is 3.31. The van der Waals surface area contributed by atoms with Crippen molar-refractivity contribution in [2.24, 2.45) is 5.73 Å². The van der Waals surface area contributed by atoms with E-state index in [2.05, 4.69) is 25.0 Å². The van der Waals surface area contributed by atoms with Gasteiger partial charge in [-0.2, -0.15) is 0 Å². The molecule has 4 atom stereocenters. The fourth-order valence-electron chi connectivity index (χ4n) is 3.15. The minimum absolute atomic E-state index is 0.198. The number of nitrogens with zero attached hydrogens (tertiary/aromatic N) is 4. The number of nitrogens with one attached hydrogen (secondary N) is 1. The summed E-state index contributed by atoms with van der Waals surface area (Å²) in [5.74, 6) is -0.845. The lowest BCUT2D eigenvalue weighted by molar-refractivity contribution is -0.156. The number of nitrogens with two attached hydrogens (primary N) is 1. The van der Waals surface area contributed by atoms with Crippen LogP contribution in [0, 0.1) is 0 Å². The van der Waals surface area contributed by atoms with Gasteiger partial charge in [-0.15, -0.1) is 0 Å². The largest absolute Gasteiger partial charge is 0.467 e. The average Bonchev–Trinajstić information content (AvgIpc) is 3.30. The van der Waals surface area contributed by atoms with Crippen molar-refractivity contribution in [3.8, 4) is 0 Å². The van der Waals surface area contributed by atoms with Crippen molar-refractivity contribution >= 4 is 28.9 Å². The molecule has 0 unspecified atom stereocenters. The van der Waals surface area contributed by atoms with E-state index in [4.69, 9.17) is 10.5 Å². The summed E-state index contributed by atoms with van der Waals surface area (Å²) in [6.45, 7) is 0. The molecule has 4 N–H and O–H groups in total. The van der Waals surface area contributed by atoms with Crippen LogP contribution in [0.1, 0.15) is 16.6 Å². The number of imidazole rings is 1. The van der Waals surface area contributed by atoms with Gasteiger partial charge in [0.25, 0.3) is 5.91 Å². The van der Waals surface area contributed by atoms with Crippen molar-refractivity contribution < 1.29 is 24.2 Å². The lowest BCUT2D eigenvalue weighted by atomic mass is 10.1.